The molecule has 3 amide bonds. The van der Waals surface area contributed by atoms with Gasteiger partial charge in [-0.05, 0) is 89.4 Å². The summed E-state index contributed by atoms with van der Waals surface area (Å²) in [5, 5.41) is 15.7. The summed E-state index contributed by atoms with van der Waals surface area (Å²) in [5.74, 6) is 0.218. The zero-order chi connectivity index (χ0) is 34.0. The van der Waals surface area contributed by atoms with Crippen LogP contribution in [0.3, 0.4) is 0 Å². The van der Waals surface area contributed by atoms with Gasteiger partial charge in [-0.15, -0.1) is 0 Å². The molecule has 2 aromatic rings. The Labute approximate surface area is 273 Å². The Balaban J connectivity index is 1.95. The maximum atomic E-state index is 14.2. The number of aliphatic hydroxyl groups is 1. The van der Waals surface area contributed by atoms with Crippen LogP contribution >= 0.6 is 0 Å². The van der Waals surface area contributed by atoms with Gasteiger partial charge in [-0.2, -0.15) is 4.31 Å². The number of likely N-dealkylation sites (N-methyl/N-ethyl adjacent to an activating group) is 1. The van der Waals surface area contributed by atoms with Crippen LogP contribution in [0.15, 0.2) is 47.4 Å². The molecule has 0 unspecified atom stereocenters. The molecule has 0 saturated heterocycles. The van der Waals surface area contributed by atoms with Gasteiger partial charge >= 0.3 is 6.03 Å². The Kier molecular flexibility index (Phi) is 13.7. The number of nitrogens with zero attached hydrogens (tertiary/aromatic N) is 2. The van der Waals surface area contributed by atoms with Gasteiger partial charge in [-0.25, -0.2) is 13.2 Å². The number of ether oxygens (including phenoxy) is 3. The summed E-state index contributed by atoms with van der Waals surface area (Å²) >= 11 is 0. The molecule has 2 aromatic carbocycles. The lowest BCUT2D eigenvalue weighted by Crippen LogP contribution is -2.48. The second-order valence-electron chi connectivity index (χ2n) is 12.2. The van der Waals surface area contributed by atoms with Gasteiger partial charge in [0.15, 0.2) is 0 Å². The van der Waals surface area contributed by atoms with Gasteiger partial charge in [0.05, 0.1) is 42.4 Å². The van der Waals surface area contributed by atoms with Crippen molar-refractivity contribution < 1.29 is 37.3 Å². The molecule has 1 heterocycles. The van der Waals surface area contributed by atoms with E-state index in [4.69, 9.17) is 14.2 Å². The van der Waals surface area contributed by atoms with Crippen molar-refractivity contribution in [2.24, 2.45) is 5.92 Å². The molecule has 0 radical (unpaired) electrons. The van der Waals surface area contributed by atoms with Crippen LogP contribution in [0.25, 0.3) is 0 Å². The van der Waals surface area contributed by atoms with E-state index in [1.54, 1.807) is 42.2 Å². The maximum absolute atomic E-state index is 14.2. The summed E-state index contributed by atoms with van der Waals surface area (Å²) in [6.07, 6.45) is 1.48. The summed E-state index contributed by atoms with van der Waals surface area (Å²) in [5.41, 5.74) is 0.661. The minimum atomic E-state index is -3.84. The van der Waals surface area contributed by atoms with Crippen molar-refractivity contribution in [3.05, 3.63) is 48.0 Å². The molecule has 4 atom stereocenters. The fourth-order valence-electron chi connectivity index (χ4n) is 5.17. The average molecular weight is 663 g/mol. The summed E-state index contributed by atoms with van der Waals surface area (Å²) in [7, 11) is -0.813. The lowest BCUT2D eigenvalue weighted by molar-refractivity contribution is -0.00834. The normalized spacial score (nSPS) is 20.8. The predicted octanol–water partition coefficient (Wildman–Crippen LogP) is 4.34. The SMILES string of the molecule is COc1ccc(S(=O)(=O)N(C)C[C@@H]2OCCCC[C@@H](C)Oc3ccc(NC(=O)NC(C)C)cc3C(=O)N([C@H](C)CO)C[C@H]2C)cc1. The number of amides is 3. The smallest absolute Gasteiger partial charge is 0.319 e. The Hall–Kier alpha value is -3.39. The monoisotopic (exact) mass is 662 g/mol. The zero-order valence-electron chi connectivity index (χ0n) is 28.0. The third-order valence-electron chi connectivity index (χ3n) is 7.93. The van der Waals surface area contributed by atoms with Crippen LogP contribution in [0.5, 0.6) is 11.5 Å². The molecular weight excluding hydrogens is 612 g/mol. The molecule has 0 aromatic heterocycles. The van der Waals surface area contributed by atoms with Crippen molar-refractivity contribution in [1.29, 1.82) is 0 Å². The van der Waals surface area contributed by atoms with Crippen LogP contribution < -0.4 is 20.1 Å². The quantitative estimate of drug-likeness (QED) is 0.360. The van der Waals surface area contributed by atoms with E-state index in [0.717, 1.165) is 12.8 Å². The number of nitrogens with one attached hydrogen (secondary N) is 2. The summed E-state index contributed by atoms with van der Waals surface area (Å²) < 4.78 is 45.9. The largest absolute Gasteiger partial charge is 0.497 e. The highest BCUT2D eigenvalue weighted by Crippen LogP contribution is 2.29. The number of sulfonamides is 1. The highest BCUT2D eigenvalue weighted by Gasteiger charge is 2.32. The van der Waals surface area contributed by atoms with Gasteiger partial charge in [-0.1, -0.05) is 6.92 Å². The van der Waals surface area contributed by atoms with Crippen LogP contribution in [0.2, 0.25) is 0 Å². The third-order valence-corrected chi connectivity index (χ3v) is 9.77. The molecule has 1 aliphatic rings. The molecule has 1 aliphatic heterocycles. The third kappa shape index (κ3) is 10.1. The highest BCUT2D eigenvalue weighted by molar-refractivity contribution is 7.89. The van der Waals surface area contributed by atoms with E-state index in [9.17, 15) is 23.1 Å². The molecule has 12 nitrogen and oxygen atoms in total. The molecule has 3 N–H and O–H groups in total. The highest BCUT2D eigenvalue weighted by atomic mass is 32.2. The van der Waals surface area contributed by atoms with Gasteiger partial charge in [-0.3, -0.25) is 4.79 Å². The number of rotatable bonds is 9. The second-order valence-corrected chi connectivity index (χ2v) is 14.3. The number of carbonyl (C=O) groups excluding carboxylic acids is 2. The van der Waals surface area contributed by atoms with Gasteiger partial charge < -0.3 is 34.9 Å². The molecule has 0 spiro atoms. The van der Waals surface area contributed by atoms with E-state index in [2.05, 4.69) is 10.6 Å². The minimum absolute atomic E-state index is 0.0558. The van der Waals surface area contributed by atoms with Crippen molar-refractivity contribution in [3.8, 4) is 11.5 Å². The van der Waals surface area contributed by atoms with E-state index in [1.807, 2.05) is 27.7 Å². The standard InChI is InChI=1S/C33H50N4O8S/c1-22(2)34-33(40)35-26-11-16-30-29(18-26)32(39)37(24(4)21-38)19-23(3)31(44-17-9-8-10-25(5)45-30)20-36(6)46(41,42)28-14-12-27(43-7)13-15-28/h11-16,18,22-25,31,38H,8-10,17,19-21H2,1-7H3,(H2,34,35,40)/t23-,24-,25-,31+/m1/s1. The summed E-state index contributed by atoms with van der Waals surface area (Å²) in [4.78, 5) is 28.4. The number of hydrogen-bond acceptors (Lipinski definition) is 8. The molecular formula is C33H50N4O8S. The van der Waals surface area contributed by atoms with Gasteiger partial charge in [0, 0.05) is 44.4 Å². The summed E-state index contributed by atoms with van der Waals surface area (Å²) in [6.45, 7) is 9.61. The van der Waals surface area contributed by atoms with E-state index in [1.165, 1.54) is 30.6 Å². The van der Waals surface area contributed by atoms with Crippen molar-refractivity contribution >= 4 is 27.6 Å². The van der Waals surface area contributed by atoms with Crippen LogP contribution in [-0.4, -0.2) is 99.4 Å². The molecule has 0 aliphatic carbocycles. The first-order chi connectivity index (χ1) is 21.8. The molecule has 3 rings (SSSR count). The number of hydrogen-bond donors (Lipinski definition) is 3. The number of fused-ring (bicyclic) bond motifs is 1. The Morgan fingerprint density at radius 2 is 1.83 bits per heavy atom. The average Bonchev–Trinajstić information content (AvgIpc) is 3.01. The van der Waals surface area contributed by atoms with Crippen LogP contribution in [0, 0.1) is 5.92 Å². The number of carbonyl (C=O) groups is 2. The second kappa shape index (κ2) is 17.0. The van der Waals surface area contributed by atoms with E-state index >= 15 is 0 Å². The van der Waals surface area contributed by atoms with Crippen molar-refractivity contribution in [1.82, 2.24) is 14.5 Å². The number of anilines is 1. The number of benzene rings is 2. The Morgan fingerprint density at radius 1 is 1.13 bits per heavy atom. The molecule has 13 heteroatoms. The topological polar surface area (TPSA) is 147 Å². The van der Waals surface area contributed by atoms with Crippen molar-refractivity contribution in [2.45, 2.75) is 83.1 Å². The van der Waals surface area contributed by atoms with Gasteiger partial charge in [0.25, 0.3) is 5.91 Å². The first kappa shape index (κ1) is 37.1. The minimum Gasteiger partial charge on any atom is -0.497 e. The lowest BCUT2D eigenvalue weighted by Gasteiger charge is -2.35. The Bertz CT molecular complexity index is 1400. The zero-order valence-corrected chi connectivity index (χ0v) is 28.8. The first-order valence-corrected chi connectivity index (χ1v) is 17.2. The van der Waals surface area contributed by atoms with Crippen LogP contribution in [0.1, 0.15) is 64.2 Å². The van der Waals surface area contributed by atoms with Gasteiger partial charge in [0.2, 0.25) is 10.0 Å². The van der Waals surface area contributed by atoms with Crippen LogP contribution in [0.4, 0.5) is 10.5 Å². The van der Waals surface area contributed by atoms with Crippen molar-refractivity contribution in [3.63, 3.8) is 0 Å². The molecule has 256 valence electrons. The molecule has 0 fully saturated rings. The fourth-order valence-corrected chi connectivity index (χ4v) is 6.35. The van der Waals surface area contributed by atoms with Crippen molar-refractivity contribution in [2.75, 3.05) is 45.8 Å². The molecule has 0 saturated carbocycles. The fraction of sp³-hybridized carbons (Fsp3) is 0.576. The van der Waals surface area contributed by atoms with E-state index in [0.29, 0.717) is 30.2 Å². The molecule has 0 bridgehead atoms. The number of urea groups is 1. The Morgan fingerprint density at radius 3 is 2.46 bits per heavy atom. The maximum Gasteiger partial charge on any atom is 0.319 e. The molecule has 46 heavy (non-hydrogen) atoms. The van der Waals surface area contributed by atoms with E-state index in [-0.39, 0.29) is 48.2 Å². The summed E-state index contributed by atoms with van der Waals surface area (Å²) in [6, 6.07) is 10.1. The van der Waals surface area contributed by atoms with Gasteiger partial charge in [0.1, 0.15) is 11.5 Å². The van der Waals surface area contributed by atoms with E-state index < -0.39 is 34.1 Å². The first-order valence-electron chi connectivity index (χ1n) is 15.8. The predicted molar refractivity (Wildman–Crippen MR) is 177 cm³/mol. The number of methoxy groups -OCH3 is 1. The van der Waals surface area contributed by atoms with Crippen LogP contribution in [-0.2, 0) is 14.8 Å². The lowest BCUT2D eigenvalue weighted by atomic mass is 10.0. The number of aliphatic hydroxyl groups excluding tert-OH is 1.